The standard InChI is InChI=1S/C13H11BrCl2N2O/c1-3-9-11(14)12(16)18-13(17-9)7-4-5-10(19-2)8(15)6-7/h4-6H,3H2,1-2H3. The Morgan fingerprint density at radius 2 is 2.00 bits per heavy atom. The van der Waals surface area contributed by atoms with Gasteiger partial charge in [0.05, 0.1) is 22.3 Å². The molecule has 1 aromatic carbocycles. The highest BCUT2D eigenvalue weighted by atomic mass is 79.9. The molecule has 6 heteroatoms. The normalized spacial score (nSPS) is 10.6. The summed E-state index contributed by atoms with van der Waals surface area (Å²) in [6, 6.07) is 5.39. The molecule has 0 saturated heterocycles. The van der Waals surface area contributed by atoms with Gasteiger partial charge in [0.15, 0.2) is 5.82 Å². The van der Waals surface area contributed by atoms with Crippen molar-refractivity contribution in [2.45, 2.75) is 13.3 Å². The summed E-state index contributed by atoms with van der Waals surface area (Å²) in [7, 11) is 1.57. The van der Waals surface area contributed by atoms with Gasteiger partial charge in [-0.05, 0) is 40.5 Å². The summed E-state index contributed by atoms with van der Waals surface area (Å²) in [4.78, 5) is 8.73. The van der Waals surface area contributed by atoms with Crippen molar-refractivity contribution in [3.05, 3.63) is 38.5 Å². The number of rotatable bonds is 3. The van der Waals surface area contributed by atoms with Crippen LogP contribution in [0.2, 0.25) is 10.2 Å². The summed E-state index contributed by atoms with van der Waals surface area (Å²) in [5.41, 5.74) is 1.66. The van der Waals surface area contributed by atoms with E-state index in [0.29, 0.717) is 21.7 Å². The van der Waals surface area contributed by atoms with E-state index in [1.54, 1.807) is 19.2 Å². The van der Waals surface area contributed by atoms with Gasteiger partial charge in [0.2, 0.25) is 0 Å². The van der Waals surface area contributed by atoms with Crippen LogP contribution in [-0.2, 0) is 6.42 Å². The van der Waals surface area contributed by atoms with Gasteiger partial charge in [-0.3, -0.25) is 0 Å². The van der Waals surface area contributed by atoms with Crippen molar-refractivity contribution in [1.82, 2.24) is 9.97 Å². The maximum Gasteiger partial charge on any atom is 0.161 e. The molecule has 1 heterocycles. The number of hydrogen-bond acceptors (Lipinski definition) is 3. The molecule has 0 radical (unpaired) electrons. The number of ether oxygens (including phenoxy) is 1. The van der Waals surface area contributed by atoms with Crippen LogP contribution in [0.25, 0.3) is 11.4 Å². The van der Waals surface area contributed by atoms with Gasteiger partial charge in [-0.25, -0.2) is 9.97 Å². The Morgan fingerprint density at radius 3 is 2.58 bits per heavy atom. The van der Waals surface area contributed by atoms with E-state index in [0.717, 1.165) is 22.2 Å². The van der Waals surface area contributed by atoms with E-state index in [1.807, 2.05) is 13.0 Å². The smallest absolute Gasteiger partial charge is 0.161 e. The third kappa shape index (κ3) is 3.02. The first-order valence-corrected chi connectivity index (χ1v) is 7.17. The highest BCUT2D eigenvalue weighted by Gasteiger charge is 2.12. The molecule has 0 N–H and O–H groups in total. The van der Waals surface area contributed by atoms with Crippen molar-refractivity contribution in [1.29, 1.82) is 0 Å². The molecule has 19 heavy (non-hydrogen) atoms. The van der Waals surface area contributed by atoms with E-state index < -0.39 is 0 Å². The minimum Gasteiger partial charge on any atom is -0.495 e. The molecule has 0 amide bonds. The SMILES string of the molecule is CCc1nc(-c2ccc(OC)c(Cl)c2)nc(Cl)c1Br. The lowest BCUT2D eigenvalue weighted by molar-refractivity contribution is 0.415. The predicted octanol–water partition coefficient (Wildman–Crippen LogP) is 4.78. The van der Waals surface area contributed by atoms with Crippen LogP contribution in [0.5, 0.6) is 5.75 Å². The van der Waals surface area contributed by atoms with Crippen LogP contribution in [0.15, 0.2) is 22.7 Å². The molecule has 0 aliphatic carbocycles. The molecule has 0 aliphatic rings. The van der Waals surface area contributed by atoms with Gasteiger partial charge in [0.25, 0.3) is 0 Å². The number of methoxy groups -OCH3 is 1. The first-order valence-electron chi connectivity index (χ1n) is 5.62. The van der Waals surface area contributed by atoms with Gasteiger partial charge in [-0.15, -0.1) is 0 Å². The Labute approximate surface area is 130 Å². The van der Waals surface area contributed by atoms with Crippen LogP contribution in [-0.4, -0.2) is 17.1 Å². The third-order valence-electron chi connectivity index (χ3n) is 2.62. The second-order valence-corrected chi connectivity index (χ2v) is 5.36. The molecule has 2 rings (SSSR count). The van der Waals surface area contributed by atoms with E-state index >= 15 is 0 Å². The topological polar surface area (TPSA) is 35.0 Å². The summed E-state index contributed by atoms with van der Waals surface area (Å²) in [5.74, 6) is 1.17. The zero-order valence-corrected chi connectivity index (χ0v) is 13.5. The van der Waals surface area contributed by atoms with Crippen molar-refractivity contribution < 1.29 is 4.74 Å². The molecule has 1 aromatic heterocycles. The number of benzene rings is 1. The highest BCUT2D eigenvalue weighted by Crippen LogP contribution is 2.31. The summed E-state index contributed by atoms with van der Waals surface area (Å²) in [6.45, 7) is 2.01. The molecule has 0 unspecified atom stereocenters. The van der Waals surface area contributed by atoms with Crippen molar-refractivity contribution in [2.75, 3.05) is 7.11 Å². The van der Waals surface area contributed by atoms with Crippen molar-refractivity contribution in [2.24, 2.45) is 0 Å². The number of aryl methyl sites for hydroxylation is 1. The van der Waals surface area contributed by atoms with Gasteiger partial charge in [0, 0.05) is 5.56 Å². The Balaban J connectivity index is 2.53. The maximum atomic E-state index is 6.10. The molecule has 2 aromatic rings. The average molecular weight is 362 g/mol. The molecule has 0 bridgehead atoms. The zero-order chi connectivity index (χ0) is 14.0. The number of nitrogens with zero attached hydrogens (tertiary/aromatic N) is 2. The molecule has 0 saturated carbocycles. The van der Waals surface area contributed by atoms with Gasteiger partial charge in [-0.1, -0.05) is 30.1 Å². The molecular weight excluding hydrogens is 351 g/mol. The molecule has 0 fully saturated rings. The average Bonchev–Trinajstić information content (AvgIpc) is 2.41. The maximum absolute atomic E-state index is 6.10. The van der Waals surface area contributed by atoms with E-state index in [9.17, 15) is 0 Å². The summed E-state index contributed by atoms with van der Waals surface area (Å²) in [5, 5.41) is 0.912. The molecule has 3 nitrogen and oxygen atoms in total. The minimum absolute atomic E-state index is 0.397. The van der Waals surface area contributed by atoms with E-state index in [1.165, 1.54) is 0 Å². The molecular formula is C13H11BrCl2N2O. The first-order chi connectivity index (χ1) is 9.06. The van der Waals surface area contributed by atoms with Crippen molar-refractivity contribution in [3.8, 4) is 17.1 Å². The lowest BCUT2D eigenvalue weighted by atomic mass is 10.2. The Bertz CT molecular complexity index is 620. The van der Waals surface area contributed by atoms with E-state index in [-0.39, 0.29) is 0 Å². The predicted molar refractivity (Wildman–Crippen MR) is 81.1 cm³/mol. The van der Waals surface area contributed by atoms with Crippen LogP contribution in [0.4, 0.5) is 0 Å². The monoisotopic (exact) mass is 360 g/mol. The van der Waals surface area contributed by atoms with Crippen LogP contribution in [0.1, 0.15) is 12.6 Å². The fourth-order valence-electron chi connectivity index (χ4n) is 1.63. The van der Waals surface area contributed by atoms with Gasteiger partial charge < -0.3 is 4.74 Å². The van der Waals surface area contributed by atoms with E-state index in [2.05, 4.69) is 25.9 Å². The molecule has 0 aliphatic heterocycles. The van der Waals surface area contributed by atoms with Crippen LogP contribution >= 0.6 is 39.1 Å². The van der Waals surface area contributed by atoms with Crippen LogP contribution in [0.3, 0.4) is 0 Å². The Kier molecular flexibility index (Phi) is 4.66. The number of hydrogen-bond donors (Lipinski definition) is 0. The second-order valence-electron chi connectivity index (χ2n) is 3.80. The fraction of sp³-hybridized carbons (Fsp3) is 0.231. The zero-order valence-electron chi connectivity index (χ0n) is 10.4. The summed E-state index contributed by atoms with van der Waals surface area (Å²) in [6.07, 6.45) is 0.764. The largest absolute Gasteiger partial charge is 0.495 e. The fourth-order valence-corrected chi connectivity index (χ4v) is 2.54. The molecule has 100 valence electrons. The first kappa shape index (κ1) is 14.6. The third-order valence-corrected chi connectivity index (χ3v) is 4.25. The van der Waals surface area contributed by atoms with Gasteiger partial charge >= 0.3 is 0 Å². The van der Waals surface area contributed by atoms with Gasteiger partial charge in [0.1, 0.15) is 10.9 Å². The lowest BCUT2D eigenvalue weighted by Crippen LogP contribution is -1.97. The summed E-state index contributed by atoms with van der Waals surface area (Å²) >= 11 is 15.6. The van der Waals surface area contributed by atoms with Crippen LogP contribution < -0.4 is 4.74 Å². The number of aromatic nitrogens is 2. The molecule has 0 atom stereocenters. The second kappa shape index (κ2) is 6.07. The van der Waals surface area contributed by atoms with Crippen molar-refractivity contribution >= 4 is 39.1 Å². The number of halogens is 3. The highest BCUT2D eigenvalue weighted by molar-refractivity contribution is 9.10. The Hall–Kier alpha value is -0.840. The quantitative estimate of drug-likeness (QED) is 0.737. The lowest BCUT2D eigenvalue weighted by Gasteiger charge is -2.08. The molecule has 0 spiro atoms. The minimum atomic E-state index is 0.397. The Morgan fingerprint density at radius 1 is 1.26 bits per heavy atom. The van der Waals surface area contributed by atoms with E-state index in [4.69, 9.17) is 27.9 Å². The van der Waals surface area contributed by atoms with Crippen LogP contribution in [0, 0.1) is 0 Å². The van der Waals surface area contributed by atoms with Crippen molar-refractivity contribution in [3.63, 3.8) is 0 Å². The van der Waals surface area contributed by atoms with Gasteiger partial charge in [-0.2, -0.15) is 0 Å². The summed E-state index contributed by atoms with van der Waals surface area (Å²) < 4.78 is 5.85.